The average Bonchev–Trinajstić information content (AvgIpc) is 2.81. The number of alkyl halides is 2. The Morgan fingerprint density at radius 1 is 1.46 bits per heavy atom. The van der Waals surface area contributed by atoms with Crippen LogP contribution in [-0.2, 0) is 7.05 Å². The van der Waals surface area contributed by atoms with Crippen molar-refractivity contribution < 1.29 is 8.78 Å². The minimum absolute atomic E-state index is 0.303. The van der Waals surface area contributed by atoms with E-state index in [-0.39, 0.29) is 0 Å². The van der Waals surface area contributed by atoms with Gasteiger partial charge in [0.15, 0.2) is 5.16 Å². The lowest BCUT2D eigenvalue weighted by molar-refractivity contribution is 0.251. The summed E-state index contributed by atoms with van der Waals surface area (Å²) in [4.78, 5) is 0. The van der Waals surface area contributed by atoms with E-state index in [9.17, 15) is 8.78 Å². The van der Waals surface area contributed by atoms with E-state index in [4.69, 9.17) is 0 Å². The highest BCUT2D eigenvalue weighted by Gasteiger charge is 2.29. The van der Waals surface area contributed by atoms with Gasteiger partial charge in [0.05, 0.1) is 0 Å². The molecule has 0 unspecified atom stereocenters. The van der Waals surface area contributed by atoms with E-state index in [1.807, 2.05) is 0 Å². The normalized spacial score (nSPS) is 16.9. The molecule has 2 rings (SSSR count). The van der Waals surface area contributed by atoms with Gasteiger partial charge in [0.1, 0.15) is 5.82 Å². The molecule has 13 heavy (non-hydrogen) atoms. The molecule has 6 heteroatoms. The second kappa shape index (κ2) is 3.25. The first-order valence-electron chi connectivity index (χ1n) is 4.02. The highest BCUT2D eigenvalue weighted by molar-refractivity contribution is 7.99. The molecule has 1 heterocycles. The second-order valence-electron chi connectivity index (χ2n) is 3.05. The van der Waals surface area contributed by atoms with Crippen molar-refractivity contribution >= 4 is 11.8 Å². The van der Waals surface area contributed by atoms with Crippen LogP contribution in [0, 0.1) is 0 Å². The van der Waals surface area contributed by atoms with Gasteiger partial charge >= 0.3 is 0 Å². The van der Waals surface area contributed by atoms with Crippen LogP contribution in [0.5, 0.6) is 0 Å². The third kappa shape index (κ3) is 1.82. The number of nitrogens with zero attached hydrogens (tertiary/aromatic N) is 3. The molecule has 3 nitrogen and oxygen atoms in total. The predicted octanol–water partition coefficient (Wildman–Crippen LogP) is 2.01. The molecule has 1 aromatic rings. The van der Waals surface area contributed by atoms with Crippen LogP contribution in [0.4, 0.5) is 8.78 Å². The Morgan fingerprint density at radius 3 is 2.69 bits per heavy atom. The first-order valence-corrected chi connectivity index (χ1v) is 4.90. The van der Waals surface area contributed by atoms with Crippen molar-refractivity contribution in [1.29, 1.82) is 0 Å². The van der Waals surface area contributed by atoms with Gasteiger partial charge in [-0.3, -0.25) is 0 Å². The largest absolute Gasteiger partial charge is 0.309 e. The fourth-order valence-corrected chi connectivity index (χ4v) is 1.70. The van der Waals surface area contributed by atoms with E-state index in [1.165, 1.54) is 0 Å². The van der Waals surface area contributed by atoms with Crippen molar-refractivity contribution in [3.63, 3.8) is 0 Å². The zero-order chi connectivity index (χ0) is 9.42. The van der Waals surface area contributed by atoms with Crippen LogP contribution >= 0.6 is 11.8 Å². The van der Waals surface area contributed by atoms with E-state index >= 15 is 0 Å². The Labute approximate surface area is 78.5 Å². The minimum atomic E-state index is -2.42. The van der Waals surface area contributed by atoms with Gasteiger partial charge in [-0.05, 0) is 24.6 Å². The second-order valence-corrected chi connectivity index (χ2v) is 4.01. The van der Waals surface area contributed by atoms with Gasteiger partial charge in [0, 0.05) is 13.0 Å². The Morgan fingerprint density at radius 2 is 2.15 bits per heavy atom. The summed E-state index contributed by atoms with van der Waals surface area (Å²) in [7, 11) is 1.73. The van der Waals surface area contributed by atoms with Gasteiger partial charge in [0.25, 0.3) is 5.76 Å². The quantitative estimate of drug-likeness (QED) is 0.707. The summed E-state index contributed by atoms with van der Waals surface area (Å²) in [5.74, 6) is -1.14. The zero-order valence-corrected chi connectivity index (χ0v) is 7.89. The maximum Gasteiger partial charge on any atom is 0.291 e. The van der Waals surface area contributed by atoms with E-state index in [1.54, 1.807) is 11.6 Å². The van der Waals surface area contributed by atoms with Crippen molar-refractivity contribution in [2.24, 2.45) is 7.05 Å². The van der Waals surface area contributed by atoms with Crippen LogP contribution < -0.4 is 0 Å². The fraction of sp³-hybridized carbons (Fsp3) is 0.714. The lowest BCUT2D eigenvalue weighted by atomic mass is 10.4. The van der Waals surface area contributed by atoms with E-state index in [0.29, 0.717) is 22.8 Å². The molecule has 1 aliphatic rings. The molecule has 0 amide bonds. The molecule has 0 saturated heterocycles. The van der Waals surface area contributed by atoms with Crippen LogP contribution in [0.2, 0.25) is 0 Å². The van der Waals surface area contributed by atoms with Gasteiger partial charge in [-0.25, -0.2) is 0 Å². The predicted molar refractivity (Wildman–Crippen MR) is 44.8 cm³/mol. The van der Waals surface area contributed by atoms with E-state index in [2.05, 4.69) is 10.2 Å². The highest BCUT2D eigenvalue weighted by Crippen LogP contribution is 2.39. The lowest BCUT2D eigenvalue weighted by Gasteiger charge is -2.00. The summed E-state index contributed by atoms with van der Waals surface area (Å²) < 4.78 is 25.7. The number of rotatable bonds is 3. The summed E-state index contributed by atoms with van der Waals surface area (Å²) in [6.07, 6.45) is 2.20. The minimum Gasteiger partial charge on any atom is -0.309 e. The molecule has 0 aromatic carbocycles. The van der Waals surface area contributed by atoms with Crippen LogP contribution in [0.1, 0.15) is 24.6 Å². The number of thioether (sulfide) groups is 1. The van der Waals surface area contributed by atoms with Crippen molar-refractivity contribution in [2.75, 3.05) is 0 Å². The average molecular weight is 205 g/mol. The van der Waals surface area contributed by atoms with Crippen molar-refractivity contribution in [2.45, 2.75) is 29.7 Å². The highest BCUT2D eigenvalue weighted by atomic mass is 32.2. The molecular formula is C7H9F2N3S. The van der Waals surface area contributed by atoms with Crippen LogP contribution in [-0.4, -0.2) is 20.5 Å². The maximum absolute atomic E-state index is 12.0. The molecule has 0 N–H and O–H groups in total. The Hall–Kier alpha value is -0.650. The molecule has 1 fully saturated rings. The van der Waals surface area contributed by atoms with Gasteiger partial charge in [-0.2, -0.15) is 8.78 Å². The van der Waals surface area contributed by atoms with Crippen LogP contribution in [0.25, 0.3) is 0 Å². The van der Waals surface area contributed by atoms with Crippen molar-refractivity contribution in [3.05, 3.63) is 5.82 Å². The number of hydrogen-bond donors (Lipinski definition) is 0. The Kier molecular flexibility index (Phi) is 2.23. The summed E-state index contributed by atoms with van der Waals surface area (Å²) in [5.41, 5.74) is 0. The van der Waals surface area contributed by atoms with Gasteiger partial charge in [-0.15, -0.1) is 10.2 Å². The first-order chi connectivity index (χ1) is 6.18. The maximum atomic E-state index is 12.0. The lowest BCUT2D eigenvalue weighted by Crippen LogP contribution is -1.98. The SMILES string of the molecule is Cn1c(SC(F)F)nnc1C1CC1. The van der Waals surface area contributed by atoms with Gasteiger partial charge in [0.2, 0.25) is 0 Å². The molecule has 0 atom stereocenters. The molecular weight excluding hydrogens is 196 g/mol. The summed E-state index contributed by atoms with van der Waals surface area (Å²) >= 11 is 0.447. The monoisotopic (exact) mass is 205 g/mol. The molecule has 1 aromatic heterocycles. The number of halogens is 2. The fourth-order valence-electron chi connectivity index (χ4n) is 1.21. The zero-order valence-electron chi connectivity index (χ0n) is 7.07. The molecule has 0 spiro atoms. The smallest absolute Gasteiger partial charge is 0.291 e. The summed E-state index contributed by atoms with van der Waals surface area (Å²) in [6, 6.07) is 0. The van der Waals surface area contributed by atoms with Crippen molar-refractivity contribution in [1.82, 2.24) is 14.8 Å². The number of aromatic nitrogens is 3. The third-order valence-electron chi connectivity index (χ3n) is 2.01. The van der Waals surface area contributed by atoms with Crippen LogP contribution in [0.3, 0.4) is 0 Å². The van der Waals surface area contributed by atoms with Gasteiger partial charge in [-0.1, -0.05) is 0 Å². The molecule has 1 saturated carbocycles. The third-order valence-corrected chi connectivity index (χ3v) is 2.75. The molecule has 0 bridgehead atoms. The van der Waals surface area contributed by atoms with Crippen LogP contribution in [0.15, 0.2) is 5.16 Å². The van der Waals surface area contributed by atoms with Crippen molar-refractivity contribution in [3.8, 4) is 0 Å². The molecule has 72 valence electrons. The molecule has 1 aliphatic carbocycles. The first kappa shape index (κ1) is 8.93. The summed E-state index contributed by atoms with van der Waals surface area (Å²) in [5, 5.41) is 7.91. The molecule has 0 radical (unpaired) electrons. The Balaban J connectivity index is 2.17. The molecule has 0 aliphatic heterocycles. The summed E-state index contributed by atoms with van der Waals surface area (Å²) in [6.45, 7) is 0. The Bertz CT molecular complexity index is 309. The standard InChI is InChI=1S/C7H9F2N3S/c1-12-5(4-2-3-4)10-11-7(12)13-6(8)9/h4,6H,2-3H2,1H3. The number of hydrogen-bond acceptors (Lipinski definition) is 3. The van der Waals surface area contributed by atoms with E-state index < -0.39 is 5.76 Å². The topological polar surface area (TPSA) is 30.7 Å². The van der Waals surface area contributed by atoms with Gasteiger partial charge < -0.3 is 4.57 Å². The van der Waals surface area contributed by atoms with E-state index in [0.717, 1.165) is 18.7 Å².